The van der Waals surface area contributed by atoms with E-state index < -0.39 is 0 Å². The highest BCUT2D eigenvalue weighted by atomic mass is 16.3. The topological polar surface area (TPSA) is 75.3 Å². The van der Waals surface area contributed by atoms with Crippen molar-refractivity contribution in [2.75, 3.05) is 30.3 Å². The predicted octanol–water partition coefficient (Wildman–Crippen LogP) is 0.658. The Balaban J connectivity index is 1.91. The monoisotopic (exact) mass is 222 g/mol. The number of nitrogens with two attached hydrogens (primary N) is 1. The van der Waals surface area contributed by atoms with E-state index in [1.54, 1.807) is 6.07 Å². The summed E-state index contributed by atoms with van der Waals surface area (Å²) in [5.74, 6) is 2.01. The molecule has 0 saturated carbocycles. The number of hydrogen-bond acceptors (Lipinski definition) is 5. The molecule has 5 heteroatoms. The molecule has 1 aromatic rings. The first-order valence-corrected chi connectivity index (χ1v) is 5.74. The zero-order valence-electron chi connectivity index (χ0n) is 9.34. The predicted molar refractivity (Wildman–Crippen MR) is 63.1 cm³/mol. The molecule has 0 bridgehead atoms. The summed E-state index contributed by atoms with van der Waals surface area (Å²) in [5, 5.41) is 16.8. The molecule has 2 rings (SSSR count). The number of rotatable bonds is 3. The van der Waals surface area contributed by atoms with Crippen LogP contribution in [-0.2, 0) is 0 Å². The first-order chi connectivity index (χ1) is 7.79. The van der Waals surface area contributed by atoms with E-state index in [1.807, 2.05) is 6.07 Å². The largest absolute Gasteiger partial charge is 0.396 e. The van der Waals surface area contributed by atoms with Gasteiger partial charge in [0.25, 0.3) is 0 Å². The summed E-state index contributed by atoms with van der Waals surface area (Å²) in [6.07, 6.45) is 3.15. The second-order valence-electron chi connectivity index (χ2n) is 4.26. The van der Waals surface area contributed by atoms with E-state index in [4.69, 9.17) is 10.8 Å². The molecule has 1 aliphatic heterocycles. The van der Waals surface area contributed by atoms with Gasteiger partial charge in [-0.05, 0) is 37.3 Å². The van der Waals surface area contributed by atoms with Crippen LogP contribution in [-0.4, -0.2) is 35.0 Å². The van der Waals surface area contributed by atoms with Crippen molar-refractivity contribution in [2.24, 2.45) is 5.92 Å². The van der Waals surface area contributed by atoms with Crippen molar-refractivity contribution in [3.8, 4) is 0 Å². The van der Waals surface area contributed by atoms with E-state index in [1.165, 1.54) is 0 Å². The van der Waals surface area contributed by atoms with Crippen molar-refractivity contribution in [1.29, 1.82) is 0 Å². The highest BCUT2D eigenvalue weighted by Crippen LogP contribution is 2.23. The molecular formula is C11H18N4O. The third-order valence-corrected chi connectivity index (χ3v) is 3.15. The maximum Gasteiger partial charge on any atom is 0.151 e. The molecule has 88 valence electrons. The fourth-order valence-corrected chi connectivity index (χ4v) is 2.14. The van der Waals surface area contributed by atoms with Crippen molar-refractivity contribution in [3.63, 3.8) is 0 Å². The first-order valence-electron chi connectivity index (χ1n) is 5.74. The lowest BCUT2D eigenvalue weighted by molar-refractivity contribution is 0.240. The Hall–Kier alpha value is -1.36. The SMILES string of the molecule is Nc1ccc(N2CCC(CCO)CC2)nn1. The molecular weight excluding hydrogens is 204 g/mol. The quantitative estimate of drug-likeness (QED) is 0.785. The van der Waals surface area contributed by atoms with Crippen LogP contribution in [0.4, 0.5) is 11.6 Å². The average Bonchev–Trinajstić information content (AvgIpc) is 2.32. The summed E-state index contributed by atoms with van der Waals surface area (Å²) < 4.78 is 0. The van der Waals surface area contributed by atoms with E-state index in [9.17, 15) is 0 Å². The van der Waals surface area contributed by atoms with Gasteiger partial charge in [-0.2, -0.15) is 0 Å². The number of anilines is 2. The number of hydrogen-bond donors (Lipinski definition) is 2. The lowest BCUT2D eigenvalue weighted by Gasteiger charge is -2.32. The molecule has 0 spiro atoms. The molecule has 5 nitrogen and oxygen atoms in total. The Morgan fingerprint density at radius 1 is 1.31 bits per heavy atom. The van der Waals surface area contributed by atoms with E-state index >= 15 is 0 Å². The number of nitrogens with zero attached hydrogens (tertiary/aromatic N) is 3. The molecule has 2 heterocycles. The van der Waals surface area contributed by atoms with Gasteiger partial charge in [0.2, 0.25) is 0 Å². The minimum Gasteiger partial charge on any atom is -0.396 e. The number of aliphatic hydroxyl groups is 1. The summed E-state index contributed by atoms with van der Waals surface area (Å²) in [7, 11) is 0. The van der Waals surface area contributed by atoms with Crippen LogP contribution >= 0.6 is 0 Å². The zero-order valence-corrected chi connectivity index (χ0v) is 9.34. The van der Waals surface area contributed by atoms with Gasteiger partial charge in [-0.25, -0.2) is 0 Å². The summed E-state index contributed by atoms with van der Waals surface area (Å²) in [5.41, 5.74) is 5.50. The van der Waals surface area contributed by atoms with Crippen molar-refractivity contribution < 1.29 is 5.11 Å². The molecule has 0 aromatic carbocycles. The smallest absolute Gasteiger partial charge is 0.151 e. The molecule has 1 saturated heterocycles. The van der Waals surface area contributed by atoms with Gasteiger partial charge in [-0.15, -0.1) is 10.2 Å². The van der Waals surface area contributed by atoms with Crippen LogP contribution in [0.1, 0.15) is 19.3 Å². The number of aromatic nitrogens is 2. The Morgan fingerprint density at radius 2 is 2.06 bits per heavy atom. The van der Waals surface area contributed by atoms with Crippen molar-refractivity contribution in [1.82, 2.24) is 10.2 Å². The summed E-state index contributed by atoms with van der Waals surface area (Å²) in [6, 6.07) is 3.69. The highest BCUT2D eigenvalue weighted by molar-refractivity contribution is 5.41. The average molecular weight is 222 g/mol. The van der Waals surface area contributed by atoms with Gasteiger partial charge in [-0.1, -0.05) is 0 Å². The number of piperidine rings is 1. The number of aliphatic hydroxyl groups excluding tert-OH is 1. The van der Waals surface area contributed by atoms with Gasteiger partial charge in [0.05, 0.1) is 0 Å². The molecule has 0 unspecified atom stereocenters. The van der Waals surface area contributed by atoms with Gasteiger partial charge >= 0.3 is 0 Å². The number of nitrogen functional groups attached to an aromatic ring is 1. The molecule has 1 aromatic heterocycles. The zero-order chi connectivity index (χ0) is 11.4. The second kappa shape index (κ2) is 5.12. The molecule has 0 radical (unpaired) electrons. The maximum atomic E-state index is 8.88. The lowest BCUT2D eigenvalue weighted by Crippen LogP contribution is -2.34. The van der Waals surface area contributed by atoms with Crippen LogP contribution in [0.15, 0.2) is 12.1 Å². The van der Waals surface area contributed by atoms with E-state index in [0.717, 1.165) is 38.2 Å². The molecule has 0 amide bonds. The van der Waals surface area contributed by atoms with Crippen LogP contribution in [0.2, 0.25) is 0 Å². The van der Waals surface area contributed by atoms with Crippen molar-refractivity contribution >= 4 is 11.6 Å². The third-order valence-electron chi connectivity index (χ3n) is 3.15. The Morgan fingerprint density at radius 3 is 2.62 bits per heavy atom. The Labute approximate surface area is 95.3 Å². The Bertz CT molecular complexity index is 319. The van der Waals surface area contributed by atoms with Crippen LogP contribution in [0.25, 0.3) is 0 Å². The first kappa shape index (κ1) is 11.1. The van der Waals surface area contributed by atoms with Gasteiger partial charge < -0.3 is 15.7 Å². The minimum absolute atomic E-state index is 0.298. The summed E-state index contributed by atoms with van der Waals surface area (Å²) >= 11 is 0. The van der Waals surface area contributed by atoms with E-state index in [-0.39, 0.29) is 0 Å². The normalized spacial score (nSPS) is 17.7. The fourth-order valence-electron chi connectivity index (χ4n) is 2.14. The molecule has 1 aliphatic rings. The van der Waals surface area contributed by atoms with Gasteiger partial charge in [0.15, 0.2) is 5.82 Å². The molecule has 0 aliphatic carbocycles. The van der Waals surface area contributed by atoms with Crippen LogP contribution in [0.3, 0.4) is 0 Å². The van der Waals surface area contributed by atoms with Crippen LogP contribution in [0.5, 0.6) is 0 Å². The summed E-state index contributed by atoms with van der Waals surface area (Å²) in [4.78, 5) is 2.22. The van der Waals surface area contributed by atoms with Gasteiger partial charge in [0, 0.05) is 19.7 Å². The van der Waals surface area contributed by atoms with Gasteiger partial charge in [0.1, 0.15) is 5.82 Å². The highest BCUT2D eigenvalue weighted by Gasteiger charge is 2.19. The molecule has 16 heavy (non-hydrogen) atoms. The maximum absolute atomic E-state index is 8.88. The minimum atomic E-state index is 0.298. The summed E-state index contributed by atoms with van der Waals surface area (Å²) in [6.45, 7) is 2.28. The fraction of sp³-hybridized carbons (Fsp3) is 0.636. The second-order valence-corrected chi connectivity index (χ2v) is 4.26. The molecule has 0 atom stereocenters. The molecule has 3 N–H and O–H groups in total. The van der Waals surface area contributed by atoms with E-state index in [2.05, 4.69) is 15.1 Å². The Kier molecular flexibility index (Phi) is 3.56. The van der Waals surface area contributed by atoms with Gasteiger partial charge in [-0.3, -0.25) is 0 Å². The van der Waals surface area contributed by atoms with Crippen molar-refractivity contribution in [3.05, 3.63) is 12.1 Å². The van der Waals surface area contributed by atoms with Crippen LogP contribution in [0, 0.1) is 5.92 Å². The lowest BCUT2D eigenvalue weighted by atomic mass is 9.94. The molecule has 1 fully saturated rings. The third kappa shape index (κ3) is 2.61. The van der Waals surface area contributed by atoms with E-state index in [0.29, 0.717) is 18.3 Å². The standard InChI is InChI=1S/C11H18N4O/c12-10-1-2-11(14-13-10)15-6-3-9(4-7-15)5-8-16/h1-2,9,16H,3-8H2,(H2,12,13). The van der Waals surface area contributed by atoms with Crippen molar-refractivity contribution in [2.45, 2.75) is 19.3 Å². The van der Waals surface area contributed by atoms with Crippen LogP contribution < -0.4 is 10.6 Å².